The van der Waals surface area contributed by atoms with Crippen molar-refractivity contribution in [3.05, 3.63) is 24.0 Å². The molecule has 2 N–H and O–H groups in total. The number of hydrogen-bond donors (Lipinski definition) is 2. The minimum Gasteiger partial charge on any atom is -0.396 e. The number of nitrogens with zero attached hydrogens (tertiary/aromatic N) is 1. The van der Waals surface area contributed by atoms with Gasteiger partial charge in [0.1, 0.15) is 0 Å². The minimum absolute atomic E-state index is 0.334. The van der Waals surface area contributed by atoms with Crippen molar-refractivity contribution < 1.29 is 5.11 Å². The molecule has 0 amide bonds. The van der Waals surface area contributed by atoms with Crippen LogP contribution < -0.4 is 5.32 Å². The molecular formula is C14H24N2O. The zero-order valence-corrected chi connectivity index (χ0v) is 10.6. The molecule has 0 aliphatic heterocycles. The molecule has 0 bridgehead atoms. The Hall–Kier alpha value is -0.800. The zero-order valence-electron chi connectivity index (χ0n) is 10.6. The number of unbranched alkanes of at least 4 members (excludes halogenated alkanes) is 3. The Morgan fingerprint density at radius 3 is 2.82 bits per heavy atom. The molecule has 1 aromatic rings. The summed E-state index contributed by atoms with van der Waals surface area (Å²) in [5, 5.41) is 12.2. The maximum absolute atomic E-state index is 8.68. The van der Waals surface area contributed by atoms with Crippen LogP contribution in [0.1, 0.15) is 44.1 Å². The number of aliphatic hydroxyl groups is 1. The smallest absolute Gasteiger partial charge is 0.0431 e. The van der Waals surface area contributed by atoms with Crippen LogP contribution in [0.2, 0.25) is 0 Å². The van der Waals surface area contributed by atoms with Gasteiger partial charge in [0, 0.05) is 38.1 Å². The van der Waals surface area contributed by atoms with Gasteiger partial charge in [0.25, 0.3) is 0 Å². The molecule has 2 rings (SSSR count). The van der Waals surface area contributed by atoms with Gasteiger partial charge in [0.05, 0.1) is 0 Å². The van der Waals surface area contributed by atoms with Crippen LogP contribution in [0.5, 0.6) is 0 Å². The molecule has 0 radical (unpaired) electrons. The lowest BCUT2D eigenvalue weighted by atomic mass is 10.2. The summed E-state index contributed by atoms with van der Waals surface area (Å²) in [6.45, 7) is 2.46. The fourth-order valence-corrected chi connectivity index (χ4v) is 2.04. The topological polar surface area (TPSA) is 37.2 Å². The third-order valence-electron chi connectivity index (χ3n) is 3.31. The van der Waals surface area contributed by atoms with Crippen molar-refractivity contribution in [2.45, 2.75) is 57.7 Å². The molecule has 0 spiro atoms. The first-order valence-electron chi connectivity index (χ1n) is 6.87. The Morgan fingerprint density at radius 1 is 1.24 bits per heavy atom. The van der Waals surface area contributed by atoms with Gasteiger partial charge in [-0.2, -0.15) is 0 Å². The monoisotopic (exact) mass is 236 g/mol. The SMILES string of the molecule is OCCCCCCn1ccc(CNC2CC2)c1. The number of hydrogen-bond acceptors (Lipinski definition) is 2. The predicted molar refractivity (Wildman–Crippen MR) is 69.8 cm³/mol. The summed E-state index contributed by atoms with van der Waals surface area (Å²) in [4.78, 5) is 0. The van der Waals surface area contributed by atoms with Crippen LogP contribution in [0.3, 0.4) is 0 Å². The maximum atomic E-state index is 8.68. The second-order valence-corrected chi connectivity index (χ2v) is 5.05. The van der Waals surface area contributed by atoms with E-state index in [1.807, 2.05) is 0 Å². The summed E-state index contributed by atoms with van der Waals surface area (Å²) in [7, 11) is 0. The van der Waals surface area contributed by atoms with E-state index >= 15 is 0 Å². The van der Waals surface area contributed by atoms with Gasteiger partial charge < -0.3 is 15.0 Å². The van der Waals surface area contributed by atoms with Crippen LogP contribution in [0, 0.1) is 0 Å². The third-order valence-corrected chi connectivity index (χ3v) is 3.31. The van der Waals surface area contributed by atoms with Gasteiger partial charge in [-0.15, -0.1) is 0 Å². The lowest BCUT2D eigenvalue weighted by Gasteiger charge is -2.03. The molecule has 1 aliphatic rings. The first-order chi connectivity index (χ1) is 8.38. The fraction of sp³-hybridized carbons (Fsp3) is 0.714. The average molecular weight is 236 g/mol. The van der Waals surface area contributed by atoms with E-state index in [-0.39, 0.29) is 0 Å². The largest absolute Gasteiger partial charge is 0.396 e. The number of rotatable bonds is 9. The Kier molecular flexibility index (Phi) is 5.08. The van der Waals surface area contributed by atoms with E-state index < -0.39 is 0 Å². The van der Waals surface area contributed by atoms with E-state index in [1.165, 1.54) is 31.2 Å². The van der Waals surface area contributed by atoms with Crippen LogP contribution in [0.25, 0.3) is 0 Å². The lowest BCUT2D eigenvalue weighted by Crippen LogP contribution is -2.14. The number of aromatic nitrogens is 1. The first kappa shape index (κ1) is 12.7. The van der Waals surface area contributed by atoms with E-state index in [0.717, 1.165) is 32.0 Å². The summed E-state index contributed by atoms with van der Waals surface area (Å²) in [6.07, 6.45) is 11.7. The summed E-state index contributed by atoms with van der Waals surface area (Å²) < 4.78 is 2.28. The van der Waals surface area contributed by atoms with Crippen molar-refractivity contribution in [2.24, 2.45) is 0 Å². The molecule has 1 saturated carbocycles. The van der Waals surface area contributed by atoms with Gasteiger partial charge in [-0.1, -0.05) is 12.8 Å². The first-order valence-corrected chi connectivity index (χ1v) is 6.87. The summed E-state index contributed by atoms with van der Waals surface area (Å²) in [5.74, 6) is 0. The highest BCUT2D eigenvalue weighted by Gasteiger charge is 2.19. The van der Waals surface area contributed by atoms with Crippen LogP contribution in [-0.4, -0.2) is 22.3 Å². The molecule has 3 heteroatoms. The molecule has 1 fully saturated rings. The Labute approximate surface area is 104 Å². The van der Waals surface area contributed by atoms with Crippen LogP contribution in [0.4, 0.5) is 0 Å². The highest BCUT2D eigenvalue weighted by molar-refractivity contribution is 5.10. The van der Waals surface area contributed by atoms with Gasteiger partial charge in [0.2, 0.25) is 0 Å². The molecule has 0 aromatic carbocycles. The van der Waals surface area contributed by atoms with Crippen molar-refractivity contribution in [1.82, 2.24) is 9.88 Å². The molecule has 1 heterocycles. The Balaban J connectivity index is 1.59. The van der Waals surface area contributed by atoms with Gasteiger partial charge in [-0.3, -0.25) is 0 Å². The summed E-state index contributed by atoms with van der Waals surface area (Å²) >= 11 is 0. The molecule has 0 saturated heterocycles. The highest BCUT2D eigenvalue weighted by Crippen LogP contribution is 2.19. The summed E-state index contributed by atoms with van der Waals surface area (Å²) in [6, 6.07) is 3.00. The van der Waals surface area contributed by atoms with Crippen LogP contribution >= 0.6 is 0 Å². The van der Waals surface area contributed by atoms with Crippen molar-refractivity contribution >= 4 is 0 Å². The summed E-state index contributed by atoms with van der Waals surface area (Å²) in [5.41, 5.74) is 1.40. The standard InChI is InChI=1S/C14H24N2O/c17-10-4-2-1-3-8-16-9-7-13(12-16)11-15-14-5-6-14/h7,9,12,14-15,17H,1-6,8,10-11H2. The molecule has 0 atom stereocenters. The Morgan fingerprint density at radius 2 is 2.06 bits per heavy atom. The molecule has 96 valence electrons. The predicted octanol–water partition coefficient (Wildman–Crippen LogP) is 2.29. The van der Waals surface area contributed by atoms with E-state index in [9.17, 15) is 0 Å². The molecule has 1 aromatic heterocycles. The van der Waals surface area contributed by atoms with Crippen LogP contribution in [-0.2, 0) is 13.1 Å². The zero-order chi connectivity index (χ0) is 11.9. The van der Waals surface area contributed by atoms with Crippen LogP contribution in [0.15, 0.2) is 18.5 Å². The van der Waals surface area contributed by atoms with Crippen molar-refractivity contribution in [3.8, 4) is 0 Å². The normalized spacial score (nSPS) is 15.4. The van der Waals surface area contributed by atoms with E-state index in [2.05, 4.69) is 28.3 Å². The number of nitrogens with one attached hydrogen (secondary N) is 1. The fourth-order valence-electron chi connectivity index (χ4n) is 2.04. The maximum Gasteiger partial charge on any atom is 0.0431 e. The quantitative estimate of drug-likeness (QED) is 0.646. The second-order valence-electron chi connectivity index (χ2n) is 5.05. The Bertz CT molecular complexity index is 318. The van der Waals surface area contributed by atoms with E-state index in [1.54, 1.807) is 0 Å². The lowest BCUT2D eigenvalue weighted by molar-refractivity contribution is 0.282. The van der Waals surface area contributed by atoms with E-state index in [0.29, 0.717) is 6.61 Å². The second kappa shape index (κ2) is 6.82. The van der Waals surface area contributed by atoms with Gasteiger partial charge >= 0.3 is 0 Å². The third kappa shape index (κ3) is 4.92. The average Bonchev–Trinajstić information content (AvgIpc) is 3.06. The number of aliphatic hydroxyl groups excluding tert-OH is 1. The highest BCUT2D eigenvalue weighted by atomic mass is 16.2. The van der Waals surface area contributed by atoms with Crippen molar-refractivity contribution in [3.63, 3.8) is 0 Å². The molecule has 3 nitrogen and oxygen atoms in total. The van der Waals surface area contributed by atoms with Crippen molar-refractivity contribution in [1.29, 1.82) is 0 Å². The molecule has 1 aliphatic carbocycles. The van der Waals surface area contributed by atoms with Gasteiger partial charge in [-0.25, -0.2) is 0 Å². The van der Waals surface area contributed by atoms with Gasteiger partial charge in [-0.05, 0) is 37.3 Å². The molecular weight excluding hydrogens is 212 g/mol. The molecule has 17 heavy (non-hydrogen) atoms. The number of aryl methyl sites for hydroxylation is 1. The van der Waals surface area contributed by atoms with Gasteiger partial charge in [0.15, 0.2) is 0 Å². The van der Waals surface area contributed by atoms with Crippen molar-refractivity contribution in [2.75, 3.05) is 6.61 Å². The van der Waals surface area contributed by atoms with E-state index in [4.69, 9.17) is 5.11 Å². The minimum atomic E-state index is 0.334. The molecule has 0 unspecified atom stereocenters.